The van der Waals surface area contributed by atoms with Gasteiger partial charge in [-0.3, -0.25) is 9.35 Å². The molecule has 0 atom stereocenters. The second-order valence-electron chi connectivity index (χ2n) is 7.79. The minimum atomic E-state index is -5.42. The van der Waals surface area contributed by atoms with Crippen molar-refractivity contribution < 1.29 is 79.8 Å². The van der Waals surface area contributed by atoms with E-state index < -0.39 is 40.1 Å². The van der Waals surface area contributed by atoms with Crippen LogP contribution in [0.5, 0.6) is 5.75 Å². The summed E-state index contributed by atoms with van der Waals surface area (Å²) in [6.45, 7) is -1.09. The standard InChI is InChI=1S/C21H29F6NO5S.Na.H/c22-20(23,24)28(21(25,26)27)16-10-8-6-4-2-1-3-5-7-9-11-19(29)33-17-12-14-18(15-13-17)34(30,31)32;;/h12-15H,1-11,16H2,(H,30,31,32);;/q;+1;-1. The second-order valence-corrected chi connectivity index (χ2v) is 9.21. The van der Waals surface area contributed by atoms with Crippen molar-refractivity contribution in [1.29, 1.82) is 0 Å². The fourth-order valence-corrected chi connectivity index (χ4v) is 3.69. The third kappa shape index (κ3) is 15.1. The van der Waals surface area contributed by atoms with Gasteiger partial charge in [0.05, 0.1) is 4.90 Å². The SMILES string of the molecule is O=C(CCCCCCCCCCCCN(C(F)(F)F)C(F)(F)F)Oc1ccc(S(=O)(=O)O)cc1.[H-].[Na+]. The van der Waals surface area contributed by atoms with Crippen molar-refractivity contribution in [3.63, 3.8) is 0 Å². The number of rotatable bonds is 15. The zero-order valence-electron chi connectivity index (χ0n) is 20.5. The quantitative estimate of drug-likeness (QED) is 0.0690. The summed E-state index contributed by atoms with van der Waals surface area (Å²) in [4.78, 5) is 10.1. The molecule has 0 unspecified atom stereocenters. The number of halogens is 6. The molecule has 0 aromatic heterocycles. The molecule has 0 saturated carbocycles. The second kappa shape index (κ2) is 16.1. The topological polar surface area (TPSA) is 83.9 Å². The monoisotopic (exact) mass is 545 g/mol. The van der Waals surface area contributed by atoms with Gasteiger partial charge in [-0.15, -0.1) is 4.90 Å². The van der Waals surface area contributed by atoms with Crippen molar-refractivity contribution in [2.24, 2.45) is 0 Å². The van der Waals surface area contributed by atoms with E-state index in [1.54, 1.807) is 0 Å². The van der Waals surface area contributed by atoms with Gasteiger partial charge in [0, 0.05) is 13.0 Å². The van der Waals surface area contributed by atoms with Crippen molar-refractivity contribution in [3.05, 3.63) is 24.3 Å². The van der Waals surface area contributed by atoms with Crippen molar-refractivity contribution in [2.75, 3.05) is 6.54 Å². The van der Waals surface area contributed by atoms with Crippen molar-refractivity contribution in [3.8, 4) is 5.75 Å². The van der Waals surface area contributed by atoms with Crippen LogP contribution in [0, 0.1) is 0 Å². The number of hydrogen-bond acceptors (Lipinski definition) is 5. The van der Waals surface area contributed by atoms with Gasteiger partial charge in [0.2, 0.25) is 0 Å². The van der Waals surface area contributed by atoms with Crippen LogP contribution in [0.2, 0.25) is 0 Å². The Hall–Kier alpha value is -0.860. The maximum Gasteiger partial charge on any atom is 1.00 e. The summed E-state index contributed by atoms with van der Waals surface area (Å²) < 4.78 is 110. The smallest absolute Gasteiger partial charge is 1.00 e. The molecule has 0 heterocycles. The summed E-state index contributed by atoms with van der Waals surface area (Å²) >= 11 is 0. The van der Waals surface area contributed by atoms with Crippen LogP contribution >= 0.6 is 0 Å². The number of unbranched alkanes of at least 4 members (excludes halogenated alkanes) is 9. The van der Waals surface area contributed by atoms with Crippen LogP contribution in [0.15, 0.2) is 29.2 Å². The number of ether oxygens (including phenoxy) is 1. The van der Waals surface area contributed by atoms with E-state index >= 15 is 0 Å². The van der Waals surface area contributed by atoms with Gasteiger partial charge in [0.1, 0.15) is 5.75 Å². The van der Waals surface area contributed by atoms with Gasteiger partial charge >= 0.3 is 48.1 Å². The Kier molecular flexibility index (Phi) is 15.7. The van der Waals surface area contributed by atoms with Crippen LogP contribution in [0.1, 0.15) is 72.1 Å². The Labute approximate surface area is 224 Å². The van der Waals surface area contributed by atoms with Gasteiger partial charge in [-0.1, -0.05) is 51.4 Å². The molecule has 0 fully saturated rings. The summed E-state index contributed by atoms with van der Waals surface area (Å²) in [5, 5.41) is 0. The average Bonchev–Trinajstić information content (AvgIpc) is 2.69. The van der Waals surface area contributed by atoms with E-state index in [1.807, 2.05) is 0 Å². The molecular formula is C21H30F6NNaO5S. The average molecular weight is 546 g/mol. The van der Waals surface area contributed by atoms with Gasteiger partial charge in [-0.25, -0.2) is 0 Å². The molecule has 14 heteroatoms. The minimum absolute atomic E-state index is 0. The van der Waals surface area contributed by atoms with E-state index in [9.17, 15) is 39.6 Å². The maximum atomic E-state index is 12.4. The van der Waals surface area contributed by atoms with Crippen LogP contribution < -0.4 is 34.3 Å². The molecule has 0 amide bonds. The first kappa shape index (κ1) is 34.1. The van der Waals surface area contributed by atoms with E-state index in [2.05, 4.69) is 0 Å². The predicted molar refractivity (Wildman–Crippen MR) is 113 cm³/mol. The molecule has 0 radical (unpaired) electrons. The van der Waals surface area contributed by atoms with Gasteiger partial charge in [0.25, 0.3) is 10.1 Å². The Morgan fingerprint density at radius 3 is 1.60 bits per heavy atom. The first-order valence-corrected chi connectivity index (χ1v) is 12.3. The third-order valence-corrected chi connectivity index (χ3v) is 5.85. The summed E-state index contributed by atoms with van der Waals surface area (Å²) in [6.07, 6.45) is -4.33. The molecule has 0 aliphatic rings. The predicted octanol–water partition coefficient (Wildman–Crippen LogP) is 3.59. The molecule has 6 nitrogen and oxygen atoms in total. The Balaban J connectivity index is 0. The summed E-state index contributed by atoms with van der Waals surface area (Å²) in [5.74, 6) is -0.295. The molecule has 0 aliphatic carbocycles. The molecule has 0 bridgehead atoms. The first-order valence-electron chi connectivity index (χ1n) is 10.9. The van der Waals surface area contributed by atoms with Crippen LogP contribution in [0.25, 0.3) is 0 Å². The van der Waals surface area contributed by atoms with E-state index in [0.717, 1.165) is 50.7 Å². The number of hydrogen-bond donors (Lipinski definition) is 1. The molecule has 35 heavy (non-hydrogen) atoms. The zero-order chi connectivity index (χ0) is 25.8. The largest absolute Gasteiger partial charge is 1.00 e. The summed E-state index contributed by atoms with van der Waals surface area (Å²) in [7, 11) is -4.31. The van der Waals surface area contributed by atoms with Gasteiger partial charge < -0.3 is 6.16 Å². The van der Waals surface area contributed by atoms with Crippen molar-refractivity contribution >= 4 is 16.1 Å². The van der Waals surface area contributed by atoms with E-state index in [1.165, 1.54) is 12.1 Å². The van der Waals surface area contributed by atoms with Gasteiger partial charge in [0.15, 0.2) is 0 Å². The summed E-state index contributed by atoms with van der Waals surface area (Å²) in [5.41, 5.74) is 0. The molecule has 0 saturated heterocycles. The van der Waals surface area contributed by atoms with E-state index in [-0.39, 0.29) is 54.5 Å². The zero-order valence-corrected chi connectivity index (χ0v) is 22.3. The molecule has 1 aromatic carbocycles. The molecule has 0 spiro atoms. The third-order valence-electron chi connectivity index (χ3n) is 4.98. The van der Waals surface area contributed by atoms with Crippen molar-refractivity contribution in [2.45, 2.75) is 88.1 Å². The fraction of sp³-hybridized carbons (Fsp3) is 0.667. The number of carbonyl (C=O) groups is 1. The van der Waals surface area contributed by atoms with Crippen LogP contribution in [-0.2, 0) is 14.9 Å². The fourth-order valence-electron chi connectivity index (χ4n) is 3.21. The molecule has 198 valence electrons. The molecule has 1 N–H and O–H groups in total. The van der Waals surface area contributed by atoms with Crippen LogP contribution in [-0.4, -0.2) is 43.0 Å². The molecular weight excluding hydrogens is 515 g/mol. The number of nitrogens with zero attached hydrogens (tertiary/aromatic N) is 1. The van der Waals surface area contributed by atoms with Gasteiger partial charge in [-0.2, -0.15) is 34.8 Å². The number of alkyl halides is 6. The number of benzene rings is 1. The Morgan fingerprint density at radius 1 is 0.800 bits per heavy atom. The van der Waals surface area contributed by atoms with Gasteiger partial charge in [-0.05, 0) is 37.1 Å². The van der Waals surface area contributed by atoms with Crippen LogP contribution in [0.3, 0.4) is 0 Å². The minimum Gasteiger partial charge on any atom is -1.00 e. The van der Waals surface area contributed by atoms with Crippen molar-refractivity contribution in [1.82, 2.24) is 4.90 Å². The molecule has 1 aromatic rings. The first-order chi connectivity index (χ1) is 15.7. The number of carbonyl (C=O) groups excluding carboxylic acids is 1. The van der Waals surface area contributed by atoms with E-state index in [0.29, 0.717) is 19.3 Å². The Bertz CT molecular complexity index is 840. The molecule has 0 aliphatic heterocycles. The Morgan fingerprint density at radius 2 is 1.20 bits per heavy atom. The van der Waals surface area contributed by atoms with E-state index in [4.69, 9.17) is 9.29 Å². The number of esters is 1. The maximum absolute atomic E-state index is 12.4. The van der Waals surface area contributed by atoms with Crippen LogP contribution in [0.4, 0.5) is 26.3 Å². The normalized spacial score (nSPS) is 12.5. The summed E-state index contributed by atoms with van der Waals surface area (Å²) in [6, 6.07) is 4.78. The molecule has 1 rings (SSSR count).